The van der Waals surface area contributed by atoms with Crippen molar-refractivity contribution >= 4 is 29.2 Å². The molecule has 3 aromatic rings. The van der Waals surface area contributed by atoms with Crippen molar-refractivity contribution in [3.8, 4) is 0 Å². The molecule has 0 aliphatic heterocycles. The quantitative estimate of drug-likeness (QED) is 0.397. The van der Waals surface area contributed by atoms with Crippen LogP contribution in [0.2, 0.25) is 5.02 Å². The first-order chi connectivity index (χ1) is 15.2. The lowest BCUT2D eigenvalue weighted by molar-refractivity contribution is 0.0977. The van der Waals surface area contributed by atoms with Crippen molar-refractivity contribution < 1.29 is 4.79 Å². The minimum atomic E-state index is -0.250. The van der Waals surface area contributed by atoms with Crippen LogP contribution in [0.15, 0.2) is 53.5 Å². The van der Waals surface area contributed by atoms with Gasteiger partial charge >= 0.3 is 0 Å². The Hall–Kier alpha value is -3.12. The van der Waals surface area contributed by atoms with E-state index in [0.717, 1.165) is 23.5 Å². The van der Waals surface area contributed by atoms with Gasteiger partial charge in [0.25, 0.3) is 5.91 Å². The maximum Gasteiger partial charge on any atom is 0.257 e. The Morgan fingerprint density at radius 1 is 1.09 bits per heavy atom. The standard InChI is InChI=1S/C25H30ClN5O/c1-16(2)19-8-12-22(13-9-19)28-25(29-24(32)20-6-10-21(26)11-7-20)27-15-14-23-17(3)30-31(5)18(23)4/h6-13,16H,14-15H2,1-5H3,(H2,27,28,29,32). The van der Waals surface area contributed by atoms with Crippen LogP contribution in [0.5, 0.6) is 0 Å². The molecule has 3 rings (SSSR count). The molecule has 168 valence electrons. The van der Waals surface area contributed by atoms with Crippen LogP contribution < -0.4 is 10.6 Å². The molecule has 0 aliphatic carbocycles. The van der Waals surface area contributed by atoms with Crippen molar-refractivity contribution in [2.45, 2.75) is 40.0 Å². The van der Waals surface area contributed by atoms with Crippen molar-refractivity contribution in [3.05, 3.63) is 81.6 Å². The van der Waals surface area contributed by atoms with Crippen molar-refractivity contribution in [2.24, 2.45) is 12.0 Å². The molecule has 1 aromatic heterocycles. The largest absolute Gasteiger partial charge is 0.326 e. The number of aliphatic imine (C=N–C) groups is 1. The molecule has 7 heteroatoms. The van der Waals surface area contributed by atoms with E-state index in [2.05, 4.69) is 53.6 Å². The number of carbonyl (C=O) groups excluding carboxylic acids is 1. The third kappa shape index (κ3) is 5.98. The number of aromatic nitrogens is 2. The molecule has 1 heterocycles. The molecule has 6 nitrogen and oxygen atoms in total. The molecule has 0 aliphatic rings. The van der Waals surface area contributed by atoms with Crippen LogP contribution in [0, 0.1) is 13.8 Å². The highest BCUT2D eigenvalue weighted by Gasteiger charge is 2.12. The van der Waals surface area contributed by atoms with Gasteiger partial charge in [0.1, 0.15) is 0 Å². The second kappa shape index (κ2) is 10.5. The Morgan fingerprint density at radius 2 is 1.75 bits per heavy atom. The molecule has 1 amide bonds. The van der Waals surface area contributed by atoms with Crippen LogP contribution in [0.25, 0.3) is 0 Å². The van der Waals surface area contributed by atoms with E-state index in [-0.39, 0.29) is 5.91 Å². The second-order valence-corrected chi connectivity index (χ2v) is 8.55. The number of carbonyl (C=O) groups is 1. The topological polar surface area (TPSA) is 71.3 Å². The summed E-state index contributed by atoms with van der Waals surface area (Å²) in [5.41, 5.74) is 5.94. The van der Waals surface area contributed by atoms with E-state index >= 15 is 0 Å². The highest BCUT2D eigenvalue weighted by atomic mass is 35.5. The van der Waals surface area contributed by atoms with Crippen LogP contribution in [0.3, 0.4) is 0 Å². The molecular weight excluding hydrogens is 422 g/mol. The van der Waals surface area contributed by atoms with E-state index in [9.17, 15) is 4.79 Å². The van der Waals surface area contributed by atoms with E-state index in [1.165, 1.54) is 11.1 Å². The average molecular weight is 452 g/mol. The molecule has 0 fully saturated rings. The first kappa shape index (κ1) is 23.5. The summed E-state index contributed by atoms with van der Waals surface area (Å²) >= 11 is 5.94. The van der Waals surface area contributed by atoms with Gasteiger partial charge in [0.15, 0.2) is 0 Å². The van der Waals surface area contributed by atoms with E-state index in [1.54, 1.807) is 24.3 Å². The van der Waals surface area contributed by atoms with Gasteiger partial charge in [-0.2, -0.15) is 5.10 Å². The number of aryl methyl sites for hydroxylation is 2. The van der Waals surface area contributed by atoms with E-state index < -0.39 is 0 Å². The van der Waals surface area contributed by atoms with Gasteiger partial charge in [0.05, 0.1) is 5.69 Å². The fraction of sp³-hybridized carbons (Fsp3) is 0.320. The maximum atomic E-state index is 12.8. The summed E-state index contributed by atoms with van der Waals surface area (Å²) in [5.74, 6) is 0.606. The van der Waals surface area contributed by atoms with Crippen LogP contribution >= 0.6 is 11.6 Å². The van der Waals surface area contributed by atoms with Crippen LogP contribution in [0.1, 0.15) is 52.6 Å². The number of nitrogens with one attached hydrogen (secondary N) is 2. The molecular formula is C25H30ClN5O. The van der Waals surface area contributed by atoms with Gasteiger partial charge in [-0.25, -0.2) is 0 Å². The first-order valence-electron chi connectivity index (χ1n) is 10.7. The number of nitrogens with zero attached hydrogens (tertiary/aromatic N) is 3. The number of benzene rings is 2. The zero-order valence-electron chi connectivity index (χ0n) is 19.2. The molecule has 32 heavy (non-hydrogen) atoms. The summed E-state index contributed by atoms with van der Waals surface area (Å²) in [7, 11) is 1.94. The van der Waals surface area contributed by atoms with E-state index in [0.29, 0.717) is 29.0 Å². The number of anilines is 1. The summed E-state index contributed by atoms with van der Waals surface area (Å²) in [6.07, 6.45) is 0.736. The normalized spacial score (nSPS) is 11.7. The van der Waals surface area contributed by atoms with Gasteiger partial charge in [0, 0.05) is 35.6 Å². The maximum absolute atomic E-state index is 12.8. The second-order valence-electron chi connectivity index (χ2n) is 8.12. The number of halogens is 1. The Morgan fingerprint density at radius 3 is 2.31 bits per heavy atom. The highest BCUT2D eigenvalue weighted by molar-refractivity contribution is 6.30. The third-order valence-electron chi connectivity index (χ3n) is 5.47. The van der Waals surface area contributed by atoms with Crippen molar-refractivity contribution in [1.82, 2.24) is 15.1 Å². The predicted octanol–water partition coefficient (Wildman–Crippen LogP) is 5.25. The smallest absolute Gasteiger partial charge is 0.257 e. The number of hydrogen-bond donors (Lipinski definition) is 2. The number of guanidine groups is 1. The van der Waals surface area contributed by atoms with Gasteiger partial charge in [-0.05, 0) is 73.7 Å². The van der Waals surface area contributed by atoms with Gasteiger partial charge < -0.3 is 5.32 Å². The Balaban J connectivity index is 1.78. The number of amides is 1. The molecule has 2 N–H and O–H groups in total. The lowest BCUT2D eigenvalue weighted by Gasteiger charge is -2.13. The van der Waals surface area contributed by atoms with Gasteiger partial charge in [-0.15, -0.1) is 0 Å². The molecule has 0 saturated heterocycles. The Kier molecular flexibility index (Phi) is 7.70. The Bertz CT molecular complexity index is 1100. The van der Waals surface area contributed by atoms with Gasteiger partial charge in [0.2, 0.25) is 5.96 Å². The van der Waals surface area contributed by atoms with Crippen molar-refractivity contribution in [3.63, 3.8) is 0 Å². The summed E-state index contributed by atoms with van der Waals surface area (Å²) in [5, 5.41) is 11.2. The zero-order chi connectivity index (χ0) is 23.3. The molecule has 0 spiro atoms. The number of rotatable bonds is 6. The lowest BCUT2D eigenvalue weighted by atomic mass is 10.0. The third-order valence-corrected chi connectivity index (χ3v) is 5.72. The van der Waals surface area contributed by atoms with Crippen LogP contribution in [-0.2, 0) is 13.5 Å². The molecule has 0 unspecified atom stereocenters. The van der Waals surface area contributed by atoms with E-state index in [4.69, 9.17) is 11.6 Å². The average Bonchev–Trinajstić information content (AvgIpc) is 3.00. The lowest BCUT2D eigenvalue weighted by Crippen LogP contribution is -2.36. The summed E-state index contributed by atoms with van der Waals surface area (Å²) in [4.78, 5) is 17.4. The minimum absolute atomic E-state index is 0.250. The monoisotopic (exact) mass is 451 g/mol. The number of hydrogen-bond acceptors (Lipinski definition) is 3. The minimum Gasteiger partial charge on any atom is -0.326 e. The molecule has 0 atom stereocenters. The summed E-state index contributed by atoms with van der Waals surface area (Å²) < 4.78 is 1.88. The molecule has 2 aromatic carbocycles. The Labute approximate surface area is 194 Å². The van der Waals surface area contributed by atoms with Gasteiger partial charge in [-0.1, -0.05) is 37.6 Å². The van der Waals surface area contributed by atoms with Crippen LogP contribution in [0.4, 0.5) is 5.69 Å². The fourth-order valence-corrected chi connectivity index (χ4v) is 3.56. The summed E-state index contributed by atoms with van der Waals surface area (Å²) in [6, 6.07) is 14.9. The predicted molar refractivity (Wildman–Crippen MR) is 132 cm³/mol. The highest BCUT2D eigenvalue weighted by Crippen LogP contribution is 2.17. The fourth-order valence-electron chi connectivity index (χ4n) is 3.44. The summed E-state index contributed by atoms with van der Waals surface area (Å²) in [6.45, 7) is 8.88. The molecule has 0 saturated carbocycles. The van der Waals surface area contributed by atoms with Crippen molar-refractivity contribution in [2.75, 3.05) is 11.9 Å². The molecule has 0 bridgehead atoms. The van der Waals surface area contributed by atoms with Gasteiger partial charge in [-0.3, -0.25) is 19.8 Å². The van der Waals surface area contributed by atoms with E-state index in [1.807, 2.05) is 30.8 Å². The van der Waals surface area contributed by atoms with Crippen molar-refractivity contribution in [1.29, 1.82) is 0 Å². The first-order valence-corrected chi connectivity index (χ1v) is 11.1. The zero-order valence-corrected chi connectivity index (χ0v) is 20.0. The SMILES string of the molecule is Cc1nn(C)c(C)c1CCN=C(NC(=O)c1ccc(Cl)cc1)Nc1ccc(C(C)C)cc1. The van der Waals surface area contributed by atoms with Crippen LogP contribution in [-0.4, -0.2) is 28.2 Å². The molecule has 0 radical (unpaired) electrons.